The maximum Gasteiger partial charge on any atom is 0.412 e. The van der Waals surface area contributed by atoms with Crippen LogP contribution in [-0.4, -0.2) is 43.3 Å². The van der Waals surface area contributed by atoms with E-state index in [-0.39, 0.29) is 13.1 Å². The van der Waals surface area contributed by atoms with Crippen molar-refractivity contribution in [2.24, 2.45) is 0 Å². The minimum atomic E-state index is -4.83. The molecular weight excluding hydrogens is 399 g/mol. The molecule has 0 fully saturated rings. The van der Waals surface area contributed by atoms with Crippen molar-refractivity contribution in [1.29, 1.82) is 0 Å². The van der Waals surface area contributed by atoms with Crippen LogP contribution in [0.5, 0.6) is 0 Å². The van der Waals surface area contributed by atoms with Crippen molar-refractivity contribution in [2.75, 3.05) is 26.3 Å². The van der Waals surface area contributed by atoms with Gasteiger partial charge in [0.1, 0.15) is 0 Å². The molecule has 0 spiro atoms. The molecular formula is C16H30F6NO3P. The van der Waals surface area contributed by atoms with Gasteiger partial charge in [0.25, 0.3) is 0 Å². The largest absolute Gasteiger partial charge is 0.412 e. The number of nitrogens with zero attached hydrogens (tertiary/aromatic N) is 1. The molecule has 0 radical (unpaired) electrons. The summed E-state index contributed by atoms with van der Waals surface area (Å²) in [6.07, 6.45) is -3.71. The third-order valence-corrected chi connectivity index (χ3v) is 5.67. The van der Waals surface area contributed by atoms with Gasteiger partial charge in [0.15, 0.2) is 13.2 Å². The first kappa shape index (κ1) is 26.7. The number of unbranched alkanes of at least 4 members (excludes halogenated alkanes) is 6. The first-order chi connectivity index (χ1) is 12.4. The van der Waals surface area contributed by atoms with E-state index in [9.17, 15) is 30.9 Å². The Morgan fingerprint density at radius 2 is 1.07 bits per heavy atom. The molecule has 0 unspecified atom stereocenters. The first-order valence-corrected chi connectivity index (χ1v) is 10.7. The van der Waals surface area contributed by atoms with Gasteiger partial charge in [-0.25, -0.2) is 9.24 Å². The molecule has 0 rings (SSSR count). The summed E-state index contributed by atoms with van der Waals surface area (Å²) in [5.41, 5.74) is 0. The van der Waals surface area contributed by atoms with Crippen molar-refractivity contribution in [2.45, 2.75) is 77.6 Å². The second-order valence-electron chi connectivity index (χ2n) is 6.32. The van der Waals surface area contributed by atoms with E-state index in [0.29, 0.717) is 12.8 Å². The fraction of sp³-hybridized carbons (Fsp3) is 1.00. The average molecular weight is 429 g/mol. The third-order valence-electron chi connectivity index (χ3n) is 3.67. The molecule has 0 bridgehead atoms. The van der Waals surface area contributed by atoms with Gasteiger partial charge in [0, 0.05) is 13.1 Å². The number of alkyl halides is 6. The predicted octanol–water partition coefficient (Wildman–Crippen LogP) is 6.71. The van der Waals surface area contributed by atoms with E-state index in [4.69, 9.17) is 0 Å². The SMILES string of the molecule is CCCCCCN(CCCCCC)P(=O)(OCC(F)(F)F)OCC(F)(F)F. The molecule has 0 aromatic carbocycles. The Hall–Kier alpha value is -0.310. The highest BCUT2D eigenvalue weighted by Gasteiger charge is 2.42. The molecule has 0 aliphatic rings. The lowest BCUT2D eigenvalue weighted by Gasteiger charge is -2.30. The third kappa shape index (κ3) is 14.4. The Balaban J connectivity index is 5.19. The van der Waals surface area contributed by atoms with E-state index in [0.717, 1.165) is 43.2 Å². The molecule has 164 valence electrons. The van der Waals surface area contributed by atoms with Crippen molar-refractivity contribution in [1.82, 2.24) is 4.67 Å². The van der Waals surface area contributed by atoms with E-state index in [1.807, 2.05) is 13.8 Å². The number of halogens is 6. The van der Waals surface area contributed by atoms with Crippen LogP contribution in [-0.2, 0) is 13.6 Å². The van der Waals surface area contributed by atoms with Gasteiger partial charge in [-0.3, -0.25) is 9.05 Å². The molecule has 0 aromatic heterocycles. The molecule has 0 heterocycles. The van der Waals surface area contributed by atoms with E-state index in [1.165, 1.54) is 0 Å². The van der Waals surface area contributed by atoms with Crippen LogP contribution in [0.3, 0.4) is 0 Å². The minimum absolute atomic E-state index is 0.0547. The highest BCUT2D eigenvalue weighted by molar-refractivity contribution is 7.51. The first-order valence-electron chi connectivity index (χ1n) is 9.21. The number of hydrogen-bond donors (Lipinski definition) is 0. The summed E-state index contributed by atoms with van der Waals surface area (Å²) in [7, 11) is -4.73. The lowest BCUT2D eigenvalue weighted by molar-refractivity contribution is -0.167. The van der Waals surface area contributed by atoms with Crippen LogP contribution in [0.2, 0.25) is 0 Å². The maximum atomic E-state index is 12.8. The number of hydrogen-bond acceptors (Lipinski definition) is 3. The summed E-state index contributed by atoms with van der Waals surface area (Å²) in [5.74, 6) is 0. The van der Waals surface area contributed by atoms with Gasteiger partial charge >= 0.3 is 20.1 Å². The monoisotopic (exact) mass is 429 g/mol. The van der Waals surface area contributed by atoms with E-state index in [1.54, 1.807) is 0 Å². The van der Waals surface area contributed by atoms with Gasteiger partial charge in [-0.2, -0.15) is 26.3 Å². The summed E-state index contributed by atoms with van der Waals surface area (Å²) in [4.78, 5) is 0. The Labute approximate surface area is 157 Å². The van der Waals surface area contributed by atoms with Gasteiger partial charge in [0.2, 0.25) is 0 Å². The normalized spacial score (nSPS) is 13.5. The van der Waals surface area contributed by atoms with Crippen molar-refractivity contribution in [3.05, 3.63) is 0 Å². The molecule has 0 N–H and O–H groups in total. The Morgan fingerprint density at radius 1 is 0.704 bits per heavy atom. The summed E-state index contributed by atoms with van der Waals surface area (Å²) in [5, 5.41) is 0. The minimum Gasteiger partial charge on any atom is -0.287 e. The van der Waals surface area contributed by atoms with Crippen LogP contribution in [0.4, 0.5) is 26.3 Å². The van der Waals surface area contributed by atoms with E-state index >= 15 is 0 Å². The standard InChI is InChI=1S/C16H30F6NO3P/c1-3-5-7-9-11-23(12-10-8-6-4-2)27(24,25-13-15(17,18)19)26-14-16(20,21)22/h3-14H2,1-2H3. The topological polar surface area (TPSA) is 38.8 Å². The van der Waals surface area contributed by atoms with Gasteiger partial charge < -0.3 is 0 Å². The van der Waals surface area contributed by atoms with Gasteiger partial charge in [-0.1, -0.05) is 52.4 Å². The van der Waals surface area contributed by atoms with Crippen LogP contribution >= 0.6 is 7.75 Å². The summed E-state index contributed by atoms with van der Waals surface area (Å²) < 4.78 is 97.6. The average Bonchev–Trinajstić information content (AvgIpc) is 2.55. The molecule has 0 amide bonds. The van der Waals surface area contributed by atoms with Crippen LogP contribution in [0.25, 0.3) is 0 Å². The summed E-state index contributed by atoms with van der Waals surface area (Å²) in [6, 6.07) is 0. The zero-order valence-corrected chi connectivity index (χ0v) is 16.8. The molecule has 0 aliphatic carbocycles. The fourth-order valence-electron chi connectivity index (χ4n) is 2.31. The van der Waals surface area contributed by atoms with Crippen LogP contribution < -0.4 is 0 Å². The molecule has 11 heteroatoms. The molecule has 0 aliphatic heterocycles. The highest BCUT2D eigenvalue weighted by Crippen LogP contribution is 2.54. The zero-order valence-electron chi connectivity index (χ0n) is 15.9. The van der Waals surface area contributed by atoms with E-state index < -0.39 is 33.3 Å². The van der Waals surface area contributed by atoms with Crippen molar-refractivity contribution < 1.29 is 40.0 Å². The van der Waals surface area contributed by atoms with Crippen molar-refractivity contribution in [3.8, 4) is 0 Å². The molecule has 27 heavy (non-hydrogen) atoms. The van der Waals surface area contributed by atoms with Gasteiger partial charge in [-0.15, -0.1) is 0 Å². The molecule has 0 saturated carbocycles. The van der Waals surface area contributed by atoms with Crippen molar-refractivity contribution in [3.63, 3.8) is 0 Å². The van der Waals surface area contributed by atoms with Crippen LogP contribution in [0.15, 0.2) is 0 Å². The van der Waals surface area contributed by atoms with Gasteiger partial charge in [0.05, 0.1) is 0 Å². The highest BCUT2D eigenvalue weighted by atomic mass is 31.2. The van der Waals surface area contributed by atoms with Crippen LogP contribution in [0, 0.1) is 0 Å². The maximum absolute atomic E-state index is 12.8. The zero-order chi connectivity index (χ0) is 21.0. The smallest absolute Gasteiger partial charge is 0.287 e. The fourth-order valence-corrected chi connectivity index (χ4v) is 4.10. The second kappa shape index (κ2) is 13.0. The predicted molar refractivity (Wildman–Crippen MR) is 91.5 cm³/mol. The Kier molecular flexibility index (Phi) is 12.9. The molecule has 0 saturated heterocycles. The Bertz CT molecular complexity index is 397. The lowest BCUT2D eigenvalue weighted by Crippen LogP contribution is -2.30. The Morgan fingerprint density at radius 3 is 1.37 bits per heavy atom. The molecule has 0 aromatic rings. The molecule has 0 atom stereocenters. The summed E-state index contributed by atoms with van der Waals surface area (Å²) >= 11 is 0. The number of rotatable bonds is 15. The van der Waals surface area contributed by atoms with E-state index in [2.05, 4.69) is 9.05 Å². The lowest BCUT2D eigenvalue weighted by atomic mass is 10.2. The van der Waals surface area contributed by atoms with Gasteiger partial charge in [-0.05, 0) is 12.8 Å². The summed E-state index contributed by atoms with van der Waals surface area (Å²) in [6.45, 7) is 0.182. The molecule has 4 nitrogen and oxygen atoms in total. The van der Waals surface area contributed by atoms with Crippen molar-refractivity contribution >= 4 is 7.75 Å². The second-order valence-corrected chi connectivity index (χ2v) is 8.34. The van der Waals surface area contributed by atoms with Crippen LogP contribution in [0.1, 0.15) is 65.2 Å². The quantitative estimate of drug-likeness (QED) is 0.165.